The van der Waals surface area contributed by atoms with Crippen molar-refractivity contribution in [2.75, 3.05) is 13.1 Å². The molecule has 47 heavy (non-hydrogen) atoms. The van der Waals surface area contributed by atoms with E-state index in [1.54, 1.807) is 30.3 Å². The lowest BCUT2D eigenvalue weighted by molar-refractivity contribution is -0.123. The number of halogens is 1. The van der Waals surface area contributed by atoms with Crippen LogP contribution in [-0.2, 0) is 36.3 Å². The van der Waals surface area contributed by atoms with Gasteiger partial charge in [0.05, 0.1) is 58.9 Å². The van der Waals surface area contributed by atoms with Crippen LogP contribution in [0.4, 0.5) is 4.39 Å². The molecule has 0 bridgehead atoms. The number of fused-ring (bicyclic) bond motifs is 1. The quantitative estimate of drug-likeness (QED) is 0.116. The van der Waals surface area contributed by atoms with Crippen molar-refractivity contribution in [2.24, 2.45) is 7.05 Å². The first-order chi connectivity index (χ1) is 22.8. The topological polar surface area (TPSA) is 137 Å². The number of hydrogen-bond donors (Lipinski definition) is 0. The van der Waals surface area contributed by atoms with E-state index in [-0.39, 0.29) is 36.1 Å². The number of nitrogens with zero attached hydrogens (tertiary/aromatic N) is 7. The SMILES string of the molecule is Cc1ncc(Cn2c(CN3CCC(Oc4cccc(COc5ccc(C#N)cc5F)n4)CC3)nc3ccc(C(=O)OC=O)cc32)n1C. The standard InChI is InChI=1S/C34H32FN7O5/c1-22-37-17-26(40(22)2)18-42-30-15-24(34(44)46-21-43)7-8-29(30)39-32(42)19-41-12-10-27(11-13-41)47-33-5-3-4-25(38-33)20-45-31-9-6-23(16-36)14-28(31)35/h3-9,14-15,17,21,27H,10-13,18-20H2,1-2H3. The van der Waals surface area contributed by atoms with Crippen LogP contribution >= 0.6 is 0 Å². The summed E-state index contributed by atoms with van der Waals surface area (Å²) < 4.78 is 34.7. The van der Waals surface area contributed by atoms with Gasteiger partial charge in [0.2, 0.25) is 5.88 Å². The van der Waals surface area contributed by atoms with Gasteiger partial charge in [-0.3, -0.25) is 9.69 Å². The molecule has 0 saturated carbocycles. The van der Waals surface area contributed by atoms with Crippen LogP contribution in [0.3, 0.4) is 0 Å². The van der Waals surface area contributed by atoms with Gasteiger partial charge in [0, 0.05) is 26.2 Å². The minimum atomic E-state index is -0.720. The molecule has 0 aliphatic carbocycles. The van der Waals surface area contributed by atoms with Gasteiger partial charge in [-0.2, -0.15) is 5.26 Å². The van der Waals surface area contributed by atoms with E-state index in [9.17, 15) is 14.0 Å². The minimum absolute atomic E-state index is 0.0338. The van der Waals surface area contributed by atoms with Crippen LogP contribution in [0.1, 0.15) is 51.8 Å². The van der Waals surface area contributed by atoms with Crippen molar-refractivity contribution in [3.63, 3.8) is 0 Å². The average Bonchev–Trinajstić information content (AvgIpc) is 3.58. The zero-order chi connectivity index (χ0) is 32.9. The van der Waals surface area contributed by atoms with Crippen LogP contribution in [0.5, 0.6) is 11.6 Å². The molecule has 1 fully saturated rings. The summed E-state index contributed by atoms with van der Waals surface area (Å²) in [6, 6.07) is 16.4. The van der Waals surface area contributed by atoms with E-state index in [4.69, 9.17) is 19.7 Å². The molecule has 1 aliphatic heterocycles. The van der Waals surface area contributed by atoms with Gasteiger partial charge in [-0.25, -0.2) is 24.1 Å². The van der Waals surface area contributed by atoms with Crippen LogP contribution in [0.15, 0.2) is 60.8 Å². The number of imidazole rings is 2. The van der Waals surface area contributed by atoms with Gasteiger partial charge in [-0.1, -0.05) is 6.07 Å². The zero-order valence-corrected chi connectivity index (χ0v) is 25.9. The number of aromatic nitrogens is 5. The number of nitriles is 1. The number of likely N-dealkylation sites (tertiary alicyclic amines) is 1. The molecule has 0 N–H and O–H groups in total. The molecule has 1 saturated heterocycles. The summed E-state index contributed by atoms with van der Waals surface area (Å²) >= 11 is 0. The van der Waals surface area contributed by atoms with Crippen LogP contribution in [0, 0.1) is 24.1 Å². The molecule has 5 aromatic rings. The third-order valence-corrected chi connectivity index (χ3v) is 8.26. The van der Waals surface area contributed by atoms with Crippen molar-refractivity contribution in [3.05, 3.63) is 101 Å². The number of carbonyl (C=O) groups excluding carboxylic acids is 2. The first-order valence-corrected chi connectivity index (χ1v) is 15.1. The number of esters is 1. The molecule has 0 spiro atoms. The molecule has 0 radical (unpaired) electrons. The maximum atomic E-state index is 14.2. The molecule has 1 aliphatic rings. The van der Waals surface area contributed by atoms with E-state index in [2.05, 4.69) is 24.2 Å². The minimum Gasteiger partial charge on any atom is -0.484 e. The average molecular weight is 638 g/mol. The van der Waals surface area contributed by atoms with E-state index < -0.39 is 11.8 Å². The summed E-state index contributed by atoms with van der Waals surface area (Å²) in [6.45, 7) is 4.75. The number of aryl methyl sites for hydroxylation is 1. The van der Waals surface area contributed by atoms with Gasteiger partial charge < -0.3 is 23.3 Å². The maximum Gasteiger partial charge on any atom is 0.345 e. The van der Waals surface area contributed by atoms with Crippen LogP contribution in [-0.4, -0.2) is 60.6 Å². The van der Waals surface area contributed by atoms with E-state index in [0.717, 1.165) is 60.4 Å². The second-order valence-corrected chi connectivity index (χ2v) is 11.3. The Hall–Kier alpha value is -5.61. The molecule has 6 rings (SSSR count). The first kappa shape index (κ1) is 31.4. The largest absolute Gasteiger partial charge is 0.484 e. The summed E-state index contributed by atoms with van der Waals surface area (Å²) in [5.41, 5.74) is 3.56. The van der Waals surface area contributed by atoms with Gasteiger partial charge in [-0.15, -0.1) is 0 Å². The molecule has 13 heteroatoms. The van der Waals surface area contributed by atoms with Gasteiger partial charge in [0.1, 0.15) is 24.4 Å². The predicted octanol–water partition coefficient (Wildman–Crippen LogP) is 4.47. The number of piperidine rings is 1. The van der Waals surface area contributed by atoms with E-state index in [1.807, 2.05) is 36.9 Å². The third kappa shape index (κ3) is 7.13. The number of ether oxygens (including phenoxy) is 3. The van der Waals surface area contributed by atoms with Gasteiger partial charge in [0.25, 0.3) is 0 Å². The Bertz CT molecular complexity index is 1970. The van der Waals surface area contributed by atoms with Crippen LogP contribution in [0.2, 0.25) is 0 Å². The molecular weight excluding hydrogens is 605 g/mol. The van der Waals surface area contributed by atoms with Crippen molar-refractivity contribution < 1.29 is 28.2 Å². The van der Waals surface area contributed by atoms with Crippen LogP contribution in [0.25, 0.3) is 11.0 Å². The Morgan fingerprint density at radius 2 is 1.94 bits per heavy atom. The second-order valence-electron chi connectivity index (χ2n) is 11.3. The molecule has 0 amide bonds. The Morgan fingerprint density at radius 1 is 1.11 bits per heavy atom. The highest BCUT2D eigenvalue weighted by Crippen LogP contribution is 2.25. The summed E-state index contributed by atoms with van der Waals surface area (Å²) in [5, 5.41) is 8.93. The Morgan fingerprint density at radius 3 is 2.66 bits per heavy atom. The molecule has 0 unspecified atom stereocenters. The lowest BCUT2D eigenvalue weighted by Gasteiger charge is -2.31. The molecule has 240 valence electrons. The molecule has 0 atom stereocenters. The number of benzene rings is 2. The summed E-state index contributed by atoms with van der Waals surface area (Å²) in [7, 11) is 1.96. The molecular formula is C34H32FN7O5. The maximum absolute atomic E-state index is 14.2. The molecule has 3 aromatic heterocycles. The lowest BCUT2D eigenvalue weighted by Crippen LogP contribution is -2.38. The Balaban J connectivity index is 1.11. The van der Waals surface area contributed by atoms with Crippen molar-refractivity contribution >= 4 is 23.5 Å². The fourth-order valence-corrected chi connectivity index (χ4v) is 5.57. The number of pyridine rings is 1. The lowest BCUT2D eigenvalue weighted by atomic mass is 10.1. The highest BCUT2D eigenvalue weighted by molar-refractivity contribution is 5.96. The number of carbonyl (C=O) groups is 2. The molecule has 12 nitrogen and oxygen atoms in total. The van der Waals surface area contributed by atoms with E-state index >= 15 is 0 Å². The Labute approximate surface area is 270 Å². The summed E-state index contributed by atoms with van der Waals surface area (Å²) in [4.78, 5) is 39.2. The second kappa shape index (κ2) is 13.8. The van der Waals surface area contributed by atoms with Gasteiger partial charge >= 0.3 is 12.4 Å². The van der Waals surface area contributed by atoms with E-state index in [0.29, 0.717) is 24.7 Å². The Kier molecular flexibility index (Phi) is 9.21. The fourth-order valence-electron chi connectivity index (χ4n) is 5.57. The van der Waals surface area contributed by atoms with Crippen molar-refractivity contribution in [1.82, 2.24) is 29.0 Å². The highest BCUT2D eigenvalue weighted by atomic mass is 19.1. The zero-order valence-electron chi connectivity index (χ0n) is 25.9. The molecule has 2 aromatic carbocycles. The first-order valence-electron chi connectivity index (χ1n) is 15.1. The normalized spacial score (nSPS) is 13.7. The number of rotatable bonds is 11. The predicted molar refractivity (Wildman–Crippen MR) is 167 cm³/mol. The molecule has 4 heterocycles. The van der Waals surface area contributed by atoms with Crippen molar-refractivity contribution in [2.45, 2.75) is 45.6 Å². The van der Waals surface area contributed by atoms with Gasteiger partial charge in [0.15, 0.2) is 11.6 Å². The third-order valence-electron chi connectivity index (χ3n) is 8.26. The fraction of sp³-hybridized carbons (Fsp3) is 0.294. The number of hydrogen-bond acceptors (Lipinski definition) is 10. The van der Waals surface area contributed by atoms with Crippen molar-refractivity contribution in [3.8, 4) is 17.7 Å². The van der Waals surface area contributed by atoms with Gasteiger partial charge in [-0.05, 0) is 62.2 Å². The monoisotopic (exact) mass is 637 g/mol. The van der Waals surface area contributed by atoms with E-state index in [1.165, 1.54) is 12.1 Å². The van der Waals surface area contributed by atoms with Crippen molar-refractivity contribution in [1.29, 1.82) is 5.26 Å². The smallest absolute Gasteiger partial charge is 0.345 e. The van der Waals surface area contributed by atoms with Crippen LogP contribution < -0.4 is 9.47 Å². The summed E-state index contributed by atoms with van der Waals surface area (Å²) in [5.74, 6) is 0.928. The summed E-state index contributed by atoms with van der Waals surface area (Å²) in [6.07, 6.45) is 3.36. The highest BCUT2D eigenvalue weighted by Gasteiger charge is 2.24.